The fourth-order valence-electron chi connectivity index (χ4n) is 2.05. The Morgan fingerprint density at radius 3 is 2.94 bits per heavy atom. The van der Waals surface area contributed by atoms with E-state index in [1.165, 1.54) is 6.26 Å². The quantitative estimate of drug-likeness (QED) is 0.848. The van der Waals surface area contributed by atoms with Crippen LogP contribution in [-0.4, -0.2) is 50.2 Å². The average molecular weight is 252 g/mol. The number of hydrogen-bond donors (Lipinski definition) is 1. The van der Waals surface area contributed by atoms with E-state index in [0.29, 0.717) is 18.2 Å². The molecule has 5 nitrogen and oxygen atoms in total. The number of furan rings is 1. The molecule has 18 heavy (non-hydrogen) atoms. The molecule has 0 aliphatic carbocycles. The summed E-state index contributed by atoms with van der Waals surface area (Å²) in [6.45, 7) is 7.38. The summed E-state index contributed by atoms with van der Waals surface area (Å²) in [5.41, 5.74) is 0. The van der Waals surface area contributed by atoms with Crippen molar-refractivity contribution in [2.24, 2.45) is 5.92 Å². The number of nitrogens with one attached hydrogen (secondary N) is 1. The Morgan fingerprint density at radius 1 is 1.50 bits per heavy atom. The third-order valence-electron chi connectivity index (χ3n) is 3.03. The molecule has 2 rings (SSSR count). The SMILES string of the molecule is CC(CNC(=O)c1ccco1)CN1CCOCC1. The predicted molar refractivity (Wildman–Crippen MR) is 67.5 cm³/mol. The molecule has 1 saturated heterocycles. The fraction of sp³-hybridized carbons (Fsp3) is 0.615. The summed E-state index contributed by atoms with van der Waals surface area (Å²) in [5.74, 6) is 0.643. The second kappa shape index (κ2) is 6.56. The first-order chi connectivity index (χ1) is 8.75. The molecule has 1 amide bonds. The van der Waals surface area contributed by atoms with Crippen LogP contribution in [0.3, 0.4) is 0 Å². The van der Waals surface area contributed by atoms with Crippen LogP contribution in [0.2, 0.25) is 0 Å². The fourth-order valence-corrected chi connectivity index (χ4v) is 2.05. The highest BCUT2D eigenvalue weighted by Crippen LogP contribution is 2.04. The van der Waals surface area contributed by atoms with E-state index in [1.807, 2.05) is 0 Å². The summed E-state index contributed by atoms with van der Waals surface area (Å²) in [7, 11) is 0. The molecule has 0 bridgehead atoms. The van der Waals surface area contributed by atoms with Gasteiger partial charge in [0.2, 0.25) is 0 Å². The lowest BCUT2D eigenvalue weighted by Gasteiger charge is -2.29. The number of rotatable bonds is 5. The highest BCUT2D eigenvalue weighted by Gasteiger charge is 2.15. The van der Waals surface area contributed by atoms with E-state index >= 15 is 0 Å². The first-order valence-electron chi connectivity index (χ1n) is 6.37. The van der Waals surface area contributed by atoms with Crippen molar-refractivity contribution in [1.82, 2.24) is 10.2 Å². The number of amides is 1. The number of carbonyl (C=O) groups is 1. The monoisotopic (exact) mass is 252 g/mol. The van der Waals surface area contributed by atoms with Crippen LogP contribution in [0.4, 0.5) is 0 Å². The molecular weight excluding hydrogens is 232 g/mol. The van der Waals surface area contributed by atoms with Crippen molar-refractivity contribution in [3.05, 3.63) is 24.2 Å². The second-order valence-corrected chi connectivity index (χ2v) is 4.71. The summed E-state index contributed by atoms with van der Waals surface area (Å²) in [6.07, 6.45) is 1.51. The van der Waals surface area contributed by atoms with Crippen LogP contribution in [-0.2, 0) is 4.74 Å². The van der Waals surface area contributed by atoms with Gasteiger partial charge in [0.15, 0.2) is 5.76 Å². The topological polar surface area (TPSA) is 54.7 Å². The lowest BCUT2D eigenvalue weighted by atomic mass is 10.1. The van der Waals surface area contributed by atoms with Gasteiger partial charge in [0, 0.05) is 26.2 Å². The Kier molecular flexibility index (Phi) is 4.78. The lowest BCUT2D eigenvalue weighted by Crippen LogP contribution is -2.41. The molecule has 1 aliphatic rings. The second-order valence-electron chi connectivity index (χ2n) is 4.71. The van der Waals surface area contributed by atoms with E-state index in [0.717, 1.165) is 32.8 Å². The molecule has 1 atom stereocenters. The first-order valence-corrected chi connectivity index (χ1v) is 6.37. The predicted octanol–water partition coefficient (Wildman–Crippen LogP) is 0.978. The molecule has 5 heteroatoms. The van der Waals surface area contributed by atoms with E-state index in [4.69, 9.17) is 9.15 Å². The minimum atomic E-state index is -0.145. The molecule has 1 aromatic heterocycles. The number of carbonyl (C=O) groups excluding carboxylic acids is 1. The van der Waals surface area contributed by atoms with Crippen LogP contribution in [0.15, 0.2) is 22.8 Å². The normalized spacial score (nSPS) is 18.5. The maximum Gasteiger partial charge on any atom is 0.286 e. The number of ether oxygens (including phenoxy) is 1. The molecular formula is C13H20N2O3. The maximum absolute atomic E-state index is 11.7. The Bertz CT molecular complexity index is 358. The van der Waals surface area contributed by atoms with E-state index in [1.54, 1.807) is 12.1 Å². The Labute approximate surface area is 107 Å². The summed E-state index contributed by atoms with van der Waals surface area (Å²) in [6, 6.07) is 3.38. The van der Waals surface area contributed by atoms with Crippen LogP contribution >= 0.6 is 0 Å². The molecule has 0 spiro atoms. The van der Waals surface area contributed by atoms with Crippen molar-refractivity contribution in [2.75, 3.05) is 39.4 Å². The molecule has 1 fully saturated rings. The van der Waals surface area contributed by atoms with Gasteiger partial charge in [-0.1, -0.05) is 6.92 Å². The third kappa shape index (κ3) is 3.85. The summed E-state index contributed by atoms with van der Waals surface area (Å²) < 4.78 is 10.3. The van der Waals surface area contributed by atoms with Crippen LogP contribution in [0.25, 0.3) is 0 Å². The van der Waals surface area contributed by atoms with Gasteiger partial charge < -0.3 is 14.5 Å². The number of hydrogen-bond acceptors (Lipinski definition) is 4. The highest BCUT2D eigenvalue weighted by atomic mass is 16.5. The minimum Gasteiger partial charge on any atom is -0.459 e. The molecule has 0 saturated carbocycles. The average Bonchev–Trinajstić information content (AvgIpc) is 2.91. The van der Waals surface area contributed by atoms with Crippen molar-refractivity contribution >= 4 is 5.91 Å². The maximum atomic E-state index is 11.7. The Hall–Kier alpha value is -1.33. The molecule has 1 aliphatic heterocycles. The largest absolute Gasteiger partial charge is 0.459 e. The highest BCUT2D eigenvalue weighted by molar-refractivity contribution is 5.91. The molecule has 0 aromatic carbocycles. The smallest absolute Gasteiger partial charge is 0.286 e. The van der Waals surface area contributed by atoms with Crippen LogP contribution in [0.5, 0.6) is 0 Å². The first kappa shape index (κ1) is 13.1. The van der Waals surface area contributed by atoms with Crippen molar-refractivity contribution in [3.8, 4) is 0 Å². The van der Waals surface area contributed by atoms with Gasteiger partial charge in [0.1, 0.15) is 0 Å². The van der Waals surface area contributed by atoms with Gasteiger partial charge in [-0.15, -0.1) is 0 Å². The van der Waals surface area contributed by atoms with Gasteiger partial charge in [-0.25, -0.2) is 0 Å². The molecule has 100 valence electrons. The Morgan fingerprint density at radius 2 is 2.28 bits per heavy atom. The van der Waals surface area contributed by atoms with Gasteiger partial charge in [-0.05, 0) is 18.1 Å². The van der Waals surface area contributed by atoms with E-state index < -0.39 is 0 Å². The number of morpholine rings is 1. The van der Waals surface area contributed by atoms with Crippen LogP contribution in [0.1, 0.15) is 17.5 Å². The summed E-state index contributed by atoms with van der Waals surface area (Å²) in [4.78, 5) is 14.0. The van der Waals surface area contributed by atoms with Crippen molar-refractivity contribution in [1.29, 1.82) is 0 Å². The van der Waals surface area contributed by atoms with Crippen molar-refractivity contribution in [3.63, 3.8) is 0 Å². The van der Waals surface area contributed by atoms with Gasteiger partial charge in [-0.3, -0.25) is 9.69 Å². The molecule has 1 N–H and O–H groups in total. The molecule has 2 heterocycles. The van der Waals surface area contributed by atoms with Gasteiger partial charge >= 0.3 is 0 Å². The van der Waals surface area contributed by atoms with Gasteiger partial charge in [-0.2, -0.15) is 0 Å². The van der Waals surface area contributed by atoms with Gasteiger partial charge in [0.25, 0.3) is 5.91 Å². The lowest BCUT2D eigenvalue weighted by molar-refractivity contribution is 0.0317. The minimum absolute atomic E-state index is 0.145. The zero-order valence-corrected chi connectivity index (χ0v) is 10.7. The van der Waals surface area contributed by atoms with Crippen molar-refractivity contribution in [2.45, 2.75) is 6.92 Å². The zero-order valence-electron chi connectivity index (χ0n) is 10.7. The molecule has 0 radical (unpaired) electrons. The third-order valence-corrected chi connectivity index (χ3v) is 3.03. The summed E-state index contributed by atoms with van der Waals surface area (Å²) >= 11 is 0. The Balaban J connectivity index is 1.68. The molecule has 1 unspecified atom stereocenters. The zero-order chi connectivity index (χ0) is 12.8. The van der Waals surface area contributed by atoms with E-state index in [9.17, 15) is 4.79 Å². The van der Waals surface area contributed by atoms with E-state index in [-0.39, 0.29) is 5.91 Å². The van der Waals surface area contributed by atoms with Crippen LogP contribution in [0, 0.1) is 5.92 Å². The number of nitrogens with zero attached hydrogens (tertiary/aromatic N) is 1. The van der Waals surface area contributed by atoms with Crippen LogP contribution < -0.4 is 5.32 Å². The summed E-state index contributed by atoms with van der Waals surface area (Å²) in [5, 5.41) is 2.88. The molecule has 1 aromatic rings. The van der Waals surface area contributed by atoms with Gasteiger partial charge in [0.05, 0.1) is 19.5 Å². The van der Waals surface area contributed by atoms with Crippen molar-refractivity contribution < 1.29 is 13.9 Å². The van der Waals surface area contributed by atoms with E-state index in [2.05, 4.69) is 17.1 Å². The standard InChI is InChI=1S/C13H20N2O3/c1-11(10-15-4-7-17-8-5-15)9-14-13(16)12-3-2-6-18-12/h2-3,6,11H,4-5,7-10H2,1H3,(H,14,16).